The fourth-order valence-corrected chi connectivity index (χ4v) is 4.22. The topological polar surface area (TPSA) is 61.4 Å². The SMILES string of the molecule is CN(C)C1CCC(NC(=O)c2cccc(Cl)c2CC(=O)Nc2ccc(Cl)cc2)CC1. The number of halogens is 2. The monoisotopic (exact) mass is 447 g/mol. The summed E-state index contributed by atoms with van der Waals surface area (Å²) in [4.78, 5) is 27.7. The molecule has 0 atom stereocenters. The number of benzene rings is 2. The van der Waals surface area contributed by atoms with Gasteiger partial charge in [-0.3, -0.25) is 9.59 Å². The van der Waals surface area contributed by atoms with Crippen LogP contribution in [0.4, 0.5) is 5.69 Å². The quantitative estimate of drug-likeness (QED) is 0.669. The summed E-state index contributed by atoms with van der Waals surface area (Å²) in [6.45, 7) is 0. The number of hydrogen-bond donors (Lipinski definition) is 2. The molecule has 2 amide bonds. The number of hydrogen-bond acceptors (Lipinski definition) is 3. The van der Waals surface area contributed by atoms with Gasteiger partial charge in [0, 0.05) is 33.4 Å². The van der Waals surface area contributed by atoms with E-state index in [1.54, 1.807) is 42.5 Å². The summed E-state index contributed by atoms with van der Waals surface area (Å²) >= 11 is 12.2. The van der Waals surface area contributed by atoms with E-state index in [2.05, 4.69) is 29.6 Å². The smallest absolute Gasteiger partial charge is 0.251 e. The van der Waals surface area contributed by atoms with Crippen molar-refractivity contribution in [3.63, 3.8) is 0 Å². The Morgan fingerprint density at radius 2 is 1.67 bits per heavy atom. The highest BCUT2D eigenvalue weighted by Crippen LogP contribution is 2.25. The zero-order chi connectivity index (χ0) is 21.7. The van der Waals surface area contributed by atoms with Crippen molar-refractivity contribution in [2.24, 2.45) is 0 Å². The minimum Gasteiger partial charge on any atom is -0.349 e. The average Bonchev–Trinajstić information content (AvgIpc) is 2.71. The second-order valence-corrected chi connectivity index (χ2v) is 8.78. The lowest BCUT2D eigenvalue weighted by atomic mass is 9.90. The third kappa shape index (κ3) is 5.97. The highest BCUT2D eigenvalue weighted by molar-refractivity contribution is 6.32. The highest BCUT2D eigenvalue weighted by atomic mass is 35.5. The van der Waals surface area contributed by atoms with Crippen LogP contribution in [0.1, 0.15) is 41.6 Å². The summed E-state index contributed by atoms with van der Waals surface area (Å²) in [7, 11) is 4.19. The molecule has 5 nitrogen and oxygen atoms in total. The third-order valence-electron chi connectivity index (χ3n) is 5.59. The number of anilines is 1. The van der Waals surface area contributed by atoms with E-state index in [1.165, 1.54) is 0 Å². The molecule has 0 bridgehead atoms. The molecule has 1 aliphatic carbocycles. The Kier molecular flexibility index (Phi) is 7.75. The molecular formula is C23H27Cl2N3O2. The van der Waals surface area contributed by atoms with Crippen molar-refractivity contribution < 1.29 is 9.59 Å². The zero-order valence-electron chi connectivity index (χ0n) is 17.3. The molecule has 2 N–H and O–H groups in total. The summed E-state index contributed by atoms with van der Waals surface area (Å²) in [6, 6.07) is 12.7. The lowest BCUT2D eigenvalue weighted by Crippen LogP contribution is -2.42. The van der Waals surface area contributed by atoms with Gasteiger partial charge in [0.15, 0.2) is 0 Å². The van der Waals surface area contributed by atoms with Gasteiger partial charge in [-0.05, 0) is 81.7 Å². The van der Waals surface area contributed by atoms with E-state index in [9.17, 15) is 9.59 Å². The molecule has 2 aromatic rings. The van der Waals surface area contributed by atoms with Crippen LogP contribution in [-0.4, -0.2) is 42.9 Å². The average molecular weight is 448 g/mol. The fraction of sp³-hybridized carbons (Fsp3) is 0.391. The van der Waals surface area contributed by atoms with Crippen LogP contribution in [0, 0.1) is 0 Å². The van der Waals surface area contributed by atoms with E-state index in [4.69, 9.17) is 23.2 Å². The van der Waals surface area contributed by atoms with Gasteiger partial charge in [-0.1, -0.05) is 29.3 Å². The first kappa shape index (κ1) is 22.6. The first-order valence-electron chi connectivity index (χ1n) is 10.1. The predicted octanol–water partition coefficient (Wildman–Crippen LogP) is 4.78. The standard InChI is InChI=1S/C23H27Cl2N3O2/c1-28(2)18-12-10-17(11-13-18)27-23(30)19-4-3-5-21(25)20(19)14-22(29)26-16-8-6-15(24)7-9-16/h3-9,17-18H,10-14H2,1-2H3,(H,26,29)(H,27,30). The number of nitrogens with one attached hydrogen (secondary N) is 2. The van der Waals surface area contributed by atoms with Crippen molar-refractivity contribution in [2.75, 3.05) is 19.4 Å². The second kappa shape index (κ2) is 10.3. The normalized spacial score (nSPS) is 18.8. The molecule has 0 unspecified atom stereocenters. The zero-order valence-corrected chi connectivity index (χ0v) is 18.8. The summed E-state index contributed by atoms with van der Waals surface area (Å²) in [5.74, 6) is -0.425. The predicted molar refractivity (Wildman–Crippen MR) is 122 cm³/mol. The molecule has 1 saturated carbocycles. The van der Waals surface area contributed by atoms with Crippen molar-refractivity contribution >= 4 is 40.7 Å². The Hall–Kier alpha value is -2.08. The minimum atomic E-state index is -0.244. The van der Waals surface area contributed by atoms with E-state index in [-0.39, 0.29) is 24.3 Å². The number of carbonyl (C=O) groups is 2. The Bertz CT molecular complexity index is 892. The first-order valence-corrected chi connectivity index (χ1v) is 10.9. The van der Waals surface area contributed by atoms with Gasteiger partial charge in [-0.15, -0.1) is 0 Å². The van der Waals surface area contributed by atoms with E-state index < -0.39 is 0 Å². The number of nitrogens with zero attached hydrogens (tertiary/aromatic N) is 1. The van der Waals surface area contributed by atoms with E-state index >= 15 is 0 Å². The third-order valence-corrected chi connectivity index (χ3v) is 6.20. The van der Waals surface area contributed by atoms with Crippen LogP contribution in [0.2, 0.25) is 10.0 Å². The molecule has 0 radical (unpaired) electrons. The van der Waals surface area contributed by atoms with Crippen LogP contribution in [0.15, 0.2) is 42.5 Å². The molecule has 160 valence electrons. The summed E-state index contributed by atoms with van der Waals surface area (Å²) in [6.07, 6.45) is 4.02. The molecule has 1 aliphatic rings. The molecule has 0 heterocycles. The Morgan fingerprint density at radius 1 is 1.00 bits per heavy atom. The van der Waals surface area contributed by atoms with Gasteiger partial charge < -0.3 is 15.5 Å². The van der Waals surface area contributed by atoms with Gasteiger partial charge in [0.25, 0.3) is 5.91 Å². The largest absolute Gasteiger partial charge is 0.349 e. The fourth-order valence-electron chi connectivity index (χ4n) is 3.85. The minimum absolute atomic E-state index is 0.0123. The van der Waals surface area contributed by atoms with E-state index in [0.29, 0.717) is 32.9 Å². The van der Waals surface area contributed by atoms with Gasteiger partial charge in [-0.2, -0.15) is 0 Å². The van der Waals surface area contributed by atoms with Crippen molar-refractivity contribution in [1.82, 2.24) is 10.2 Å². The van der Waals surface area contributed by atoms with E-state index in [0.717, 1.165) is 25.7 Å². The number of rotatable bonds is 6. The molecular weight excluding hydrogens is 421 g/mol. The molecule has 7 heteroatoms. The van der Waals surface area contributed by atoms with Gasteiger partial charge in [-0.25, -0.2) is 0 Å². The summed E-state index contributed by atoms with van der Waals surface area (Å²) in [5, 5.41) is 6.95. The molecule has 2 aromatic carbocycles. The lowest BCUT2D eigenvalue weighted by Gasteiger charge is -2.33. The van der Waals surface area contributed by atoms with Crippen molar-refractivity contribution in [2.45, 2.75) is 44.2 Å². The van der Waals surface area contributed by atoms with Crippen LogP contribution in [0.25, 0.3) is 0 Å². The Labute approximate surface area is 187 Å². The molecule has 1 fully saturated rings. The maximum absolute atomic E-state index is 13.0. The highest BCUT2D eigenvalue weighted by Gasteiger charge is 2.25. The number of carbonyl (C=O) groups excluding carboxylic acids is 2. The molecule has 0 aromatic heterocycles. The maximum atomic E-state index is 13.0. The van der Waals surface area contributed by atoms with Crippen molar-refractivity contribution in [1.29, 1.82) is 0 Å². The van der Waals surface area contributed by atoms with Crippen LogP contribution in [-0.2, 0) is 11.2 Å². The van der Waals surface area contributed by atoms with Gasteiger partial charge >= 0.3 is 0 Å². The number of amides is 2. The van der Waals surface area contributed by atoms with Gasteiger partial charge in [0.2, 0.25) is 5.91 Å². The molecule has 0 spiro atoms. The lowest BCUT2D eigenvalue weighted by molar-refractivity contribution is -0.115. The van der Waals surface area contributed by atoms with Crippen LogP contribution < -0.4 is 10.6 Å². The van der Waals surface area contributed by atoms with Crippen LogP contribution in [0.3, 0.4) is 0 Å². The Morgan fingerprint density at radius 3 is 2.30 bits per heavy atom. The molecule has 3 rings (SSSR count). The first-order chi connectivity index (χ1) is 14.3. The van der Waals surface area contributed by atoms with Crippen LogP contribution in [0.5, 0.6) is 0 Å². The summed E-state index contributed by atoms with van der Waals surface area (Å²) in [5.41, 5.74) is 1.62. The van der Waals surface area contributed by atoms with Crippen LogP contribution >= 0.6 is 23.2 Å². The Balaban J connectivity index is 1.66. The molecule has 30 heavy (non-hydrogen) atoms. The molecule has 0 saturated heterocycles. The van der Waals surface area contributed by atoms with Gasteiger partial charge in [0.1, 0.15) is 0 Å². The summed E-state index contributed by atoms with van der Waals surface area (Å²) < 4.78 is 0. The van der Waals surface area contributed by atoms with Gasteiger partial charge in [0.05, 0.1) is 6.42 Å². The second-order valence-electron chi connectivity index (χ2n) is 7.94. The van der Waals surface area contributed by atoms with E-state index in [1.807, 2.05) is 0 Å². The van der Waals surface area contributed by atoms with Crippen molar-refractivity contribution in [3.8, 4) is 0 Å². The van der Waals surface area contributed by atoms with Crippen molar-refractivity contribution in [3.05, 3.63) is 63.6 Å². The maximum Gasteiger partial charge on any atom is 0.251 e. The molecule has 0 aliphatic heterocycles.